The Kier molecular flexibility index (Phi) is 3.06. The summed E-state index contributed by atoms with van der Waals surface area (Å²) in [5.74, 6) is -2.78. The van der Waals surface area contributed by atoms with Gasteiger partial charge in [-0.2, -0.15) is 5.10 Å². The Hall–Kier alpha value is -2.45. The van der Waals surface area contributed by atoms with Crippen LogP contribution in [-0.4, -0.2) is 30.8 Å². The summed E-state index contributed by atoms with van der Waals surface area (Å²) in [6.45, 7) is 0. The molecule has 0 unspecified atom stereocenters. The fourth-order valence-corrected chi connectivity index (χ4v) is 4.58. The molecule has 1 aliphatic carbocycles. The minimum atomic E-state index is -2.78. The van der Waals surface area contributed by atoms with E-state index in [1.807, 2.05) is 31.4 Å². The first kappa shape index (κ1) is 15.8. The average molecular weight is 372 g/mol. The molecule has 8 heteroatoms. The monoisotopic (exact) mass is 372 g/mol. The van der Waals surface area contributed by atoms with Crippen LogP contribution >= 0.6 is 11.3 Å². The minimum absolute atomic E-state index is 0.527. The summed E-state index contributed by atoms with van der Waals surface area (Å²) in [4.78, 5) is 10.3. The van der Waals surface area contributed by atoms with Gasteiger partial charge in [0.05, 0.1) is 5.69 Å². The van der Waals surface area contributed by atoms with Crippen molar-refractivity contribution in [3.63, 3.8) is 0 Å². The van der Waals surface area contributed by atoms with E-state index in [-0.39, 0.29) is 0 Å². The van der Waals surface area contributed by atoms with Crippen molar-refractivity contribution in [2.24, 2.45) is 7.05 Å². The molecule has 4 heterocycles. The number of halogens is 2. The van der Waals surface area contributed by atoms with E-state index >= 15 is 0 Å². The van der Waals surface area contributed by atoms with Gasteiger partial charge in [-0.25, -0.2) is 18.7 Å². The zero-order chi connectivity index (χ0) is 18.1. The molecule has 0 aromatic carbocycles. The summed E-state index contributed by atoms with van der Waals surface area (Å²) in [6.07, 6.45) is 2.56. The van der Waals surface area contributed by atoms with Gasteiger partial charge in [0, 0.05) is 53.5 Å². The minimum Gasteiger partial charge on any atom is -0.384 e. The van der Waals surface area contributed by atoms with Crippen molar-refractivity contribution in [1.29, 1.82) is 0 Å². The Morgan fingerprint density at radius 1 is 1.19 bits per heavy atom. The van der Waals surface area contributed by atoms with E-state index in [0.29, 0.717) is 15.4 Å². The van der Waals surface area contributed by atoms with Crippen LogP contribution in [0.2, 0.25) is 0 Å². The first-order valence-corrected chi connectivity index (χ1v) is 8.94. The number of aromatic nitrogens is 4. The van der Waals surface area contributed by atoms with Gasteiger partial charge in [-0.05, 0) is 24.3 Å². The third-order valence-corrected chi connectivity index (χ3v) is 5.95. The molecule has 5 rings (SSSR count). The molecule has 0 aliphatic heterocycles. The third kappa shape index (κ3) is 2.40. The second kappa shape index (κ2) is 5.05. The zero-order valence-electron chi connectivity index (χ0n) is 13.8. The Bertz CT molecular complexity index is 1160. The molecule has 5 nitrogen and oxygen atoms in total. The SMILES string of the molecule is Cn1cc2cc(-c3ccc4cc(C5(O)CC(F)(F)C5)sc4n3)cnc2n1. The van der Waals surface area contributed by atoms with Gasteiger partial charge in [-0.1, -0.05) is 0 Å². The lowest BCUT2D eigenvalue weighted by Gasteiger charge is -2.42. The highest BCUT2D eigenvalue weighted by Gasteiger charge is 2.57. The maximum absolute atomic E-state index is 13.2. The molecule has 0 radical (unpaired) electrons. The molecular weight excluding hydrogens is 358 g/mol. The normalized spacial score (nSPS) is 18.3. The van der Waals surface area contributed by atoms with Gasteiger partial charge in [0.2, 0.25) is 0 Å². The Balaban J connectivity index is 1.55. The maximum atomic E-state index is 13.2. The standard InChI is InChI=1S/C18H14F2N4OS/c1-24-7-12-4-11(6-21-15(12)23-24)13-3-2-10-5-14(26-16(10)22-13)17(25)8-18(19,20)9-17/h2-7,25H,8-9H2,1H3. The van der Waals surface area contributed by atoms with Gasteiger partial charge in [0.15, 0.2) is 5.65 Å². The number of nitrogens with zero attached hydrogens (tertiary/aromatic N) is 4. The van der Waals surface area contributed by atoms with Gasteiger partial charge in [-0.15, -0.1) is 11.3 Å². The van der Waals surface area contributed by atoms with Gasteiger partial charge in [-0.3, -0.25) is 4.68 Å². The van der Waals surface area contributed by atoms with Crippen LogP contribution in [0.1, 0.15) is 17.7 Å². The number of pyridine rings is 2. The zero-order valence-corrected chi connectivity index (χ0v) is 14.6. The molecule has 1 N–H and O–H groups in total. The van der Waals surface area contributed by atoms with E-state index in [9.17, 15) is 13.9 Å². The molecule has 1 aliphatic rings. The molecule has 0 atom stereocenters. The maximum Gasteiger partial charge on any atom is 0.254 e. The highest BCUT2D eigenvalue weighted by molar-refractivity contribution is 7.18. The quantitative estimate of drug-likeness (QED) is 0.580. The van der Waals surface area contributed by atoms with Crippen molar-refractivity contribution in [2.75, 3.05) is 0 Å². The van der Waals surface area contributed by atoms with Crippen LogP contribution in [0, 0.1) is 0 Å². The summed E-state index contributed by atoms with van der Waals surface area (Å²) in [6, 6.07) is 7.50. The van der Waals surface area contributed by atoms with Crippen LogP contribution in [0.4, 0.5) is 8.78 Å². The Morgan fingerprint density at radius 3 is 2.77 bits per heavy atom. The largest absolute Gasteiger partial charge is 0.384 e. The summed E-state index contributed by atoms with van der Waals surface area (Å²) in [5.41, 5.74) is 0.834. The van der Waals surface area contributed by atoms with Gasteiger partial charge in [0.1, 0.15) is 10.4 Å². The summed E-state index contributed by atoms with van der Waals surface area (Å²) >= 11 is 1.27. The predicted molar refractivity (Wildman–Crippen MR) is 95.2 cm³/mol. The van der Waals surface area contributed by atoms with Crippen LogP contribution in [0.5, 0.6) is 0 Å². The van der Waals surface area contributed by atoms with Crippen LogP contribution < -0.4 is 0 Å². The van der Waals surface area contributed by atoms with Crippen LogP contribution in [0.25, 0.3) is 32.5 Å². The molecule has 1 fully saturated rings. The molecule has 0 spiro atoms. The van der Waals surface area contributed by atoms with Crippen molar-refractivity contribution in [3.05, 3.63) is 41.5 Å². The first-order valence-electron chi connectivity index (χ1n) is 8.12. The molecular formula is C18H14F2N4OS. The summed E-state index contributed by atoms with van der Waals surface area (Å²) < 4.78 is 28.1. The molecule has 0 saturated heterocycles. The van der Waals surface area contributed by atoms with E-state index in [1.54, 1.807) is 16.9 Å². The van der Waals surface area contributed by atoms with E-state index in [1.165, 1.54) is 11.3 Å². The predicted octanol–water partition coefficient (Wildman–Crippen LogP) is 3.86. The number of aliphatic hydroxyl groups is 1. The lowest BCUT2D eigenvalue weighted by molar-refractivity contribution is -0.208. The Morgan fingerprint density at radius 2 is 2.00 bits per heavy atom. The number of alkyl halides is 2. The third-order valence-electron chi connectivity index (χ3n) is 4.71. The van der Waals surface area contributed by atoms with Crippen LogP contribution in [0.15, 0.2) is 36.7 Å². The second-order valence-corrected chi connectivity index (χ2v) is 7.91. The molecule has 4 aromatic rings. The number of fused-ring (bicyclic) bond motifs is 2. The molecule has 0 bridgehead atoms. The van der Waals surface area contributed by atoms with Crippen molar-refractivity contribution in [2.45, 2.75) is 24.4 Å². The number of hydrogen-bond donors (Lipinski definition) is 1. The number of hydrogen-bond acceptors (Lipinski definition) is 5. The molecule has 4 aromatic heterocycles. The lowest BCUT2D eigenvalue weighted by atomic mass is 9.75. The van der Waals surface area contributed by atoms with Crippen molar-refractivity contribution >= 4 is 32.6 Å². The summed E-state index contributed by atoms with van der Waals surface area (Å²) in [5, 5.41) is 16.4. The van der Waals surface area contributed by atoms with E-state index in [0.717, 1.165) is 22.0 Å². The van der Waals surface area contributed by atoms with E-state index < -0.39 is 24.4 Å². The van der Waals surface area contributed by atoms with E-state index in [4.69, 9.17) is 0 Å². The van der Waals surface area contributed by atoms with Crippen molar-refractivity contribution in [3.8, 4) is 11.3 Å². The first-order chi connectivity index (χ1) is 12.3. The van der Waals surface area contributed by atoms with Gasteiger partial charge in [0.25, 0.3) is 5.92 Å². The highest BCUT2D eigenvalue weighted by Crippen LogP contribution is 2.53. The lowest BCUT2D eigenvalue weighted by Crippen LogP contribution is -2.48. The van der Waals surface area contributed by atoms with E-state index in [2.05, 4.69) is 15.1 Å². The number of rotatable bonds is 2. The van der Waals surface area contributed by atoms with Crippen molar-refractivity contribution < 1.29 is 13.9 Å². The Labute approximate surface area is 150 Å². The van der Waals surface area contributed by atoms with Crippen LogP contribution in [0.3, 0.4) is 0 Å². The topological polar surface area (TPSA) is 63.8 Å². The molecule has 26 heavy (non-hydrogen) atoms. The second-order valence-electron chi connectivity index (χ2n) is 6.88. The molecule has 0 amide bonds. The average Bonchev–Trinajstić information content (AvgIpc) is 3.13. The molecule has 1 saturated carbocycles. The fourth-order valence-electron chi connectivity index (χ4n) is 3.46. The summed E-state index contributed by atoms with van der Waals surface area (Å²) in [7, 11) is 1.84. The van der Waals surface area contributed by atoms with Crippen LogP contribution in [-0.2, 0) is 12.6 Å². The smallest absolute Gasteiger partial charge is 0.254 e. The van der Waals surface area contributed by atoms with Crippen molar-refractivity contribution in [1.82, 2.24) is 19.7 Å². The number of thiophene rings is 1. The molecule has 132 valence electrons. The fraction of sp³-hybridized carbons (Fsp3) is 0.278. The highest BCUT2D eigenvalue weighted by atomic mass is 32.1. The van der Waals surface area contributed by atoms with Gasteiger partial charge >= 0.3 is 0 Å². The van der Waals surface area contributed by atoms with Gasteiger partial charge < -0.3 is 5.11 Å². The number of aryl methyl sites for hydroxylation is 1.